The predicted octanol–water partition coefficient (Wildman–Crippen LogP) is 2.79. The number of hydrogen-bond acceptors (Lipinski definition) is 7. The van der Waals surface area contributed by atoms with E-state index in [9.17, 15) is 0 Å². The van der Waals surface area contributed by atoms with Crippen LogP contribution in [-0.2, 0) is 6.54 Å². The molecule has 0 amide bonds. The molecular formula is C19H28N6O2S. The Balaban J connectivity index is 1.89. The van der Waals surface area contributed by atoms with E-state index in [1.807, 2.05) is 26.1 Å². The van der Waals surface area contributed by atoms with Gasteiger partial charge in [-0.3, -0.25) is 5.41 Å². The summed E-state index contributed by atoms with van der Waals surface area (Å²) < 4.78 is 13.1. The van der Waals surface area contributed by atoms with Gasteiger partial charge in [0, 0.05) is 24.5 Å². The molecule has 0 radical (unpaired) electrons. The third-order valence-corrected chi connectivity index (χ3v) is 5.56. The standard InChI is InChI=1S/C19H28N6O2S/c1-11(2)23-6-5-7-25-18(22-4)16(17(20)21)24-19(25)28-15-9-14-13(8-12(15)3)26-10-27-14/h8-9,11,22-23H,5-7,10H2,1-4H3,(H3,20,21). The van der Waals surface area contributed by atoms with Crippen LogP contribution in [0, 0.1) is 12.3 Å². The number of nitrogens with zero attached hydrogens (tertiary/aromatic N) is 2. The molecule has 1 aromatic heterocycles. The fourth-order valence-electron chi connectivity index (χ4n) is 3.02. The van der Waals surface area contributed by atoms with Crippen LogP contribution in [0.5, 0.6) is 11.5 Å². The molecule has 152 valence electrons. The van der Waals surface area contributed by atoms with Gasteiger partial charge in [0.1, 0.15) is 17.3 Å². The zero-order valence-electron chi connectivity index (χ0n) is 16.8. The Morgan fingerprint density at radius 1 is 1.36 bits per heavy atom. The Hall–Kier alpha value is -2.39. The van der Waals surface area contributed by atoms with Gasteiger partial charge in [-0.1, -0.05) is 25.6 Å². The highest BCUT2D eigenvalue weighted by atomic mass is 32.2. The second-order valence-electron chi connectivity index (χ2n) is 6.94. The first-order valence-electron chi connectivity index (χ1n) is 9.34. The van der Waals surface area contributed by atoms with Crippen molar-refractivity contribution in [3.05, 3.63) is 23.4 Å². The Morgan fingerprint density at radius 2 is 2.07 bits per heavy atom. The topological polar surface area (TPSA) is 110 Å². The van der Waals surface area contributed by atoms with Gasteiger partial charge in [-0.05, 0) is 37.6 Å². The van der Waals surface area contributed by atoms with Gasteiger partial charge in [0.2, 0.25) is 6.79 Å². The smallest absolute Gasteiger partial charge is 0.231 e. The second kappa shape index (κ2) is 8.74. The maximum atomic E-state index is 7.89. The van der Waals surface area contributed by atoms with E-state index in [4.69, 9.17) is 20.6 Å². The van der Waals surface area contributed by atoms with Crippen LogP contribution >= 0.6 is 11.8 Å². The zero-order chi connectivity index (χ0) is 20.3. The number of aryl methyl sites for hydroxylation is 1. The van der Waals surface area contributed by atoms with Crippen LogP contribution in [0.25, 0.3) is 0 Å². The van der Waals surface area contributed by atoms with Gasteiger partial charge in [0.05, 0.1) is 0 Å². The first-order valence-corrected chi connectivity index (χ1v) is 10.2. The molecule has 0 saturated carbocycles. The van der Waals surface area contributed by atoms with Crippen LogP contribution in [0.4, 0.5) is 5.82 Å². The maximum absolute atomic E-state index is 7.89. The number of hydrogen-bond donors (Lipinski definition) is 4. The lowest BCUT2D eigenvalue weighted by Gasteiger charge is -2.14. The van der Waals surface area contributed by atoms with Gasteiger partial charge in [-0.25, -0.2) is 4.98 Å². The minimum Gasteiger partial charge on any atom is -0.454 e. The van der Waals surface area contributed by atoms with Crippen molar-refractivity contribution >= 4 is 23.4 Å². The minimum absolute atomic E-state index is 0.0485. The van der Waals surface area contributed by atoms with Crippen molar-refractivity contribution in [2.45, 2.75) is 49.8 Å². The van der Waals surface area contributed by atoms with E-state index in [0.717, 1.165) is 52.4 Å². The number of nitrogen functional groups attached to an aromatic ring is 1. The summed E-state index contributed by atoms with van der Waals surface area (Å²) in [4.78, 5) is 5.68. The number of aromatic nitrogens is 2. The highest BCUT2D eigenvalue weighted by Crippen LogP contribution is 2.41. The van der Waals surface area contributed by atoms with E-state index in [-0.39, 0.29) is 12.6 Å². The van der Waals surface area contributed by atoms with Gasteiger partial charge in [0.25, 0.3) is 0 Å². The van der Waals surface area contributed by atoms with E-state index in [1.165, 1.54) is 0 Å². The molecule has 0 aliphatic carbocycles. The molecule has 9 heteroatoms. The SMILES string of the molecule is CNc1c(C(=N)N)nc(Sc2cc3c(cc2C)OCO3)n1CCCNC(C)C. The van der Waals surface area contributed by atoms with Crippen LogP contribution in [0.1, 0.15) is 31.5 Å². The summed E-state index contributed by atoms with van der Waals surface area (Å²) in [5.74, 6) is 2.23. The largest absolute Gasteiger partial charge is 0.454 e. The lowest BCUT2D eigenvalue weighted by atomic mass is 10.2. The number of fused-ring (bicyclic) bond motifs is 1. The molecule has 8 nitrogen and oxygen atoms in total. The molecule has 2 aromatic rings. The van der Waals surface area contributed by atoms with Crippen molar-refractivity contribution in [3.63, 3.8) is 0 Å². The number of nitrogens with two attached hydrogens (primary N) is 1. The third-order valence-electron chi connectivity index (χ3n) is 4.41. The number of imidazole rings is 1. The fraction of sp³-hybridized carbons (Fsp3) is 0.474. The Bertz CT molecular complexity index is 865. The number of anilines is 1. The van der Waals surface area contributed by atoms with E-state index < -0.39 is 0 Å². The first kappa shape index (κ1) is 20.3. The maximum Gasteiger partial charge on any atom is 0.231 e. The molecule has 0 saturated heterocycles. The van der Waals surface area contributed by atoms with Gasteiger partial charge >= 0.3 is 0 Å². The molecule has 5 N–H and O–H groups in total. The lowest BCUT2D eigenvalue weighted by Crippen LogP contribution is -2.24. The zero-order valence-corrected chi connectivity index (χ0v) is 17.6. The molecule has 28 heavy (non-hydrogen) atoms. The number of ether oxygens (including phenoxy) is 2. The van der Waals surface area contributed by atoms with Crippen molar-refractivity contribution < 1.29 is 9.47 Å². The van der Waals surface area contributed by atoms with Crippen LogP contribution in [0.3, 0.4) is 0 Å². The predicted molar refractivity (Wildman–Crippen MR) is 112 cm³/mol. The van der Waals surface area contributed by atoms with Crippen LogP contribution in [0.15, 0.2) is 22.2 Å². The van der Waals surface area contributed by atoms with E-state index in [1.54, 1.807) is 11.8 Å². The summed E-state index contributed by atoms with van der Waals surface area (Å²) in [5, 5.41) is 15.3. The molecule has 0 spiro atoms. The summed E-state index contributed by atoms with van der Waals surface area (Å²) in [5.41, 5.74) is 7.33. The van der Waals surface area contributed by atoms with Gasteiger partial charge in [-0.2, -0.15) is 0 Å². The van der Waals surface area contributed by atoms with Crippen molar-refractivity contribution in [1.29, 1.82) is 5.41 Å². The van der Waals surface area contributed by atoms with Crippen LogP contribution < -0.4 is 25.8 Å². The highest BCUT2D eigenvalue weighted by molar-refractivity contribution is 7.99. The van der Waals surface area contributed by atoms with Crippen molar-refractivity contribution in [3.8, 4) is 11.5 Å². The van der Waals surface area contributed by atoms with E-state index in [2.05, 4.69) is 34.0 Å². The molecule has 1 aromatic carbocycles. The molecule has 2 heterocycles. The molecular weight excluding hydrogens is 376 g/mol. The van der Waals surface area contributed by atoms with Crippen LogP contribution in [-0.4, -0.2) is 41.8 Å². The number of rotatable bonds is 9. The third kappa shape index (κ3) is 4.36. The first-order chi connectivity index (χ1) is 13.4. The molecule has 0 atom stereocenters. The molecule has 0 fully saturated rings. The molecule has 1 aliphatic heterocycles. The second-order valence-corrected chi connectivity index (χ2v) is 7.95. The van der Waals surface area contributed by atoms with Gasteiger partial charge in [0.15, 0.2) is 16.7 Å². The average molecular weight is 405 g/mol. The lowest BCUT2D eigenvalue weighted by molar-refractivity contribution is 0.174. The normalized spacial score (nSPS) is 12.6. The Labute approximate surface area is 169 Å². The minimum atomic E-state index is -0.0485. The Kier molecular flexibility index (Phi) is 6.35. The monoisotopic (exact) mass is 404 g/mol. The summed E-state index contributed by atoms with van der Waals surface area (Å²) in [6.45, 7) is 8.22. The van der Waals surface area contributed by atoms with Crippen molar-refractivity contribution in [2.75, 3.05) is 25.7 Å². The summed E-state index contributed by atoms with van der Waals surface area (Å²) in [7, 11) is 1.83. The fourth-order valence-corrected chi connectivity index (χ4v) is 4.03. The Morgan fingerprint density at radius 3 is 2.71 bits per heavy atom. The van der Waals surface area contributed by atoms with Gasteiger partial charge < -0.3 is 30.4 Å². The van der Waals surface area contributed by atoms with E-state index in [0.29, 0.717) is 11.7 Å². The van der Waals surface area contributed by atoms with Crippen LogP contribution in [0.2, 0.25) is 0 Å². The summed E-state index contributed by atoms with van der Waals surface area (Å²) in [6, 6.07) is 4.41. The summed E-state index contributed by atoms with van der Waals surface area (Å²) >= 11 is 1.54. The average Bonchev–Trinajstić information content (AvgIpc) is 3.22. The van der Waals surface area contributed by atoms with Crippen molar-refractivity contribution in [2.24, 2.45) is 5.73 Å². The molecule has 0 unspecified atom stereocenters. The van der Waals surface area contributed by atoms with Crippen molar-refractivity contribution in [1.82, 2.24) is 14.9 Å². The summed E-state index contributed by atoms with van der Waals surface area (Å²) in [6.07, 6.45) is 0.939. The molecule has 1 aliphatic rings. The highest BCUT2D eigenvalue weighted by Gasteiger charge is 2.21. The van der Waals surface area contributed by atoms with E-state index >= 15 is 0 Å². The number of amidine groups is 1. The molecule has 3 rings (SSSR count). The quantitative estimate of drug-likeness (QED) is 0.289. The number of nitrogens with one attached hydrogen (secondary N) is 3. The van der Waals surface area contributed by atoms with Gasteiger partial charge in [-0.15, -0.1) is 0 Å². The molecule has 0 bridgehead atoms. The number of benzene rings is 1.